The highest BCUT2D eigenvalue weighted by Gasteiger charge is 2.17. The van der Waals surface area contributed by atoms with E-state index >= 15 is 0 Å². The molecule has 1 heterocycles. The Morgan fingerprint density at radius 2 is 1.82 bits per heavy atom. The first kappa shape index (κ1) is 20.5. The van der Waals surface area contributed by atoms with E-state index < -0.39 is 10.0 Å². The number of carbonyl (C=O) groups is 1. The number of sulfonamides is 1. The van der Waals surface area contributed by atoms with Gasteiger partial charge in [0.05, 0.1) is 15.6 Å². The smallest absolute Gasteiger partial charge is 0.240 e. The number of hydrogen-bond acceptors (Lipinski definition) is 5. The van der Waals surface area contributed by atoms with Crippen LogP contribution in [-0.4, -0.2) is 19.3 Å². The molecule has 1 aromatic heterocycles. The first-order valence-corrected chi connectivity index (χ1v) is 11.0. The molecule has 28 heavy (non-hydrogen) atoms. The maximum atomic E-state index is 12.5. The summed E-state index contributed by atoms with van der Waals surface area (Å²) in [5.74, 6) is -0.219. The van der Waals surface area contributed by atoms with Gasteiger partial charge in [-0.05, 0) is 37.3 Å². The minimum Gasteiger partial charge on any atom is -0.326 e. The van der Waals surface area contributed by atoms with E-state index in [9.17, 15) is 13.2 Å². The lowest BCUT2D eigenvalue weighted by atomic mass is 10.2. The molecule has 2 aromatic carbocycles. The van der Waals surface area contributed by atoms with Gasteiger partial charge in [0.25, 0.3) is 0 Å². The van der Waals surface area contributed by atoms with Gasteiger partial charge in [-0.25, -0.2) is 18.1 Å². The van der Waals surface area contributed by atoms with Crippen LogP contribution in [0.4, 0.5) is 5.69 Å². The minimum atomic E-state index is -3.69. The van der Waals surface area contributed by atoms with Gasteiger partial charge < -0.3 is 5.32 Å². The van der Waals surface area contributed by atoms with E-state index in [-0.39, 0.29) is 17.3 Å². The Balaban J connectivity index is 1.74. The van der Waals surface area contributed by atoms with E-state index in [0.29, 0.717) is 10.7 Å². The summed E-state index contributed by atoms with van der Waals surface area (Å²) >= 11 is 7.63. The van der Waals surface area contributed by atoms with Crippen molar-refractivity contribution in [2.75, 3.05) is 5.32 Å². The van der Waals surface area contributed by atoms with Crippen molar-refractivity contribution in [2.45, 2.75) is 25.3 Å². The second kappa shape index (κ2) is 8.40. The van der Waals surface area contributed by atoms with Crippen LogP contribution in [0.2, 0.25) is 5.02 Å². The number of nitrogens with zero attached hydrogens (tertiary/aromatic N) is 1. The van der Waals surface area contributed by atoms with Gasteiger partial charge in [-0.2, -0.15) is 0 Å². The third kappa shape index (κ3) is 4.77. The van der Waals surface area contributed by atoms with Gasteiger partial charge in [0.2, 0.25) is 15.9 Å². The van der Waals surface area contributed by atoms with E-state index in [1.807, 2.05) is 25.1 Å². The number of benzene rings is 2. The average Bonchev–Trinajstić information content (AvgIpc) is 3.01. The normalized spacial score (nSPS) is 11.4. The van der Waals surface area contributed by atoms with Gasteiger partial charge in [-0.15, -0.1) is 11.3 Å². The maximum Gasteiger partial charge on any atom is 0.240 e. The Morgan fingerprint density at radius 1 is 1.14 bits per heavy atom. The molecule has 6 nitrogen and oxygen atoms in total. The van der Waals surface area contributed by atoms with Crippen LogP contribution >= 0.6 is 22.9 Å². The maximum absolute atomic E-state index is 12.5. The summed E-state index contributed by atoms with van der Waals surface area (Å²) in [4.78, 5) is 16.5. The monoisotopic (exact) mass is 435 g/mol. The van der Waals surface area contributed by atoms with Crippen LogP contribution in [0, 0.1) is 6.92 Å². The zero-order chi connectivity index (χ0) is 20.3. The lowest BCUT2D eigenvalue weighted by Crippen LogP contribution is -2.23. The Morgan fingerprint density at radius 3 is 2.46 bits per heavy atom. The van der Waals surface area contributed by atoms with Crippen molar-refractivity contribution >= 4 is 44.6 Å². The summed E-state index contributed by atoms with van der Waals surface area (Å²) in [5.41, 5.74) is 2.11. The molecule has 0 atom stereocenters. The molecule has 0 fully saturated rings. The second-order valence-electron chi connectivity index (χ2n) is 6.04. The molecule has 0 saturated carbocycles. The molecular weight excluding hydrogens is 418 g/mol. The fourth-order valence-corrected chi connectivity index (χ4v) is 4.92. The number of thiazole rings is 1. The van der Waals surface area contributed by atoms with Crippen LogP contribution in [0.25, 0.3) is 10.6 Å². The van der Waals surface area contributed by atoms with E-state index in [0.717, 1.165) is 21.1 Å². The Kier molecular flexibility index (Phi) is 6.14. The molecule has 9 heteroatoms. The van der Waals surface area contributed by atoms with Crippen LogP contribution in [0.15, 0.2) is 53.4 Å². The van der Waals surface area contributed by atoms with Gasteiger partial charge >= 0.3 is 0 Å². The van der Waals surface area contributed by atoms with Gasteiger partial charge in [0, 0.05) is 29.6 Å². The molecular formula is C19H18ClN3O3S2. The summed E-state index contributed by atoms with van der Waals surface area (Å²) in [6, 6.07) is 13.4. The average molecular weight is 436 g/mol. The molecule has 0 bridgehead atoms. The molecule has 0 aliphatic carbocycles. The summed E-state index contributed by atoms with van der Waals surface area (Å²) in [6.07, 6.45) is 0. The first-order valence-electron chi connectivity index (χ1n) is 8.35. The van der Waals surface area contributed by atoms with Crippen molar-refractivity contribution in [3.63, 3.8) is 0 Å². The molecule has 146 valence electrons. The fourth-order valence-electron chi connectivity index (χ4n) is 2.51. The molecule has 0 aliphatic heterocycles. The zero-order valence-electron chi connectivity index (χ0n) is 15.2. The van der Waals surface area contributed by atoms with E-state index in [4.69, 9.17) is 11.6 Å². The van der Waals surface area contributed by atoms with Crippen LogP contribution < -0.4 is 10.0 Å². The summed E-state index contributed by atoms with van der Waals surface area (Å²) in [6.45, 7) is 3.35. The highest BCUT2D eigenvalue weighted by atomic mass is 35.5. The van der Waals surface area contributed by atoms with Gasteiger partial charge in [-0.3, -0.25) is 4.79 Å². The molecule has 0 saturated heterocycles. The number of aryl methyl sites for hydroxylation is 1. The fraction of sp³-hybridized carbons (Fsp3) is 0.158. The topological polar surface area (TPSA) is 88.2 Å². The number of anilines is 1. The minimum absolute atomic E-state index is 0.120. The third-order valence-electron chi connectivity index (χ3n) is 3.90. The SMILES string of the molecule is CC(=O)Nc1ccc(S(=O)(=O)NCc2sc(-c3ccccc3Cl)nc2C)cc1. The highest BCUT2D eigenvalue weighted by Crippen LogP contribution is 2.32. The van der Waals surface area contributed by atoms with Crippen LogP contribution in [0.3, 0.4) is 0 Å². The summed E-state index contributed by atoms with van der Waals surface area (Å²) in [5, 5.41) is 3.95. The second-order valence-corrected chi connectivity index (χ2v) is 9.30. The van der Waals surface area contributed by atoms with E-state index in [1.165, 1.54) is 30.4 Å². The summed E-state index contributed by atoms with van der Waals surface area (Å²) in [7, 11) is -3.69. The predicted molar refractivity (Wildman–Crippen MR) is 112 cm³/mol. The Labute approximate surface area is 172 Å². The van der Waals surface area contributed by atoms with Crippen molar-refractivity contribution in [3.8, 4) is 10.6 Å². The molecule has 0 unspecified atom stereocenters. The molecule has 1 amide bonds. The molecule has 0 spiro atoms. The van der Waals surface area contributed by atoms with Gasteiger partial charge in [0.1, 0.15) is 5.01 Å². The number of rotatable bonds is 6. The molecule has 3 aromatic rings. The predicted octanol–water partition coefficient (Wildman–Crippen LogP) is 4.21. The lowest BCUT2D eigenvalue weighted by Gasteiger charge is -2.07. The van der Waals surface area contributed by atoms with Crippen LogP contribution in [0.1, 0.15) is 17.5 Å². The van der Waals surface area contributed by atoms with E-state index in [1.54, 1.807) is 18.2 Å². The number of hydrogen-bond donors (Lipinski definition) is 2. The van der Waals surface area contributed by atoms with Crippen molar-refractivity contribution < 1.29 is 13.2 Å². The first-order chi connectivity index (χ1) is 13.3. The Hall–Kier alpha value is -2.26. The highest BCUT2D eigenvalue weighted by molar-refractivity contribution is 7.89. The number of carbonyl (C=O) groups excluding carboxylic acids is 1. The van der Waals surface area contributed by atoms with Crippen molar-refractivity contribution in [3.05, 3.63) is 64.1 Å². The zero-order valence-corrected chi connectivity index (χ0v) is 17.6. The largest absolute Gasteiger partial charge is 0.326 e. The number of nitrogens with one attached hydrogen (secondary N) is 2. The standard InChI is InChI=1S/C19H18ClN3O3S2/c1-12-18(27-19(22-12)16-5-3-4-6-17(16)20)11-21-28(25,26)15-9-7-14(8-10-15)23-13(2)24/h3-10,21H,11H2,1-2H3,(H,23,24). The van der Waals surface area contributed by atoms with Crippen LogP contribution in [0.5, 0.6) is 0 Å². The molecule has 0 aliphatic rings. The van der Waals surface area contributed by atoms with E-state index in [2.05, 4.69) is 15.0 Å². The van der Waals surface area contributed by atoms with Gasteiger partial charge in [-0.1, -0.05) is 29.8 Å². The lowest BCUT2D eigenvalue weighted by molar-refractivity contribution is -0.114. The quantitative estimate of drug-likeness (QED) is 0.607. The number of aromatic nitrogens is 1. The number of halogens is 1. The molecule has 0 radical (unpaired) electrons. The molecule has 2 N–H and O–H groups in total. The van der Waals surface area contributed by atoms with Crippen molar-refractivity contribution in [1.82, 2.24) is 9.71 Å². The van der Waals surface area contributed by atoms with Crippen LogP contribution in [-0.2, 0) is 21.4 Å². The Bertz CT molecular complexity index is 1110. The molecule has 3 rings (SSSR count). The van der Waals surface area contributed by atoms with Crippen molar-refractivity contribution in [2.24, 2.45) is 0 Å². The van der Waals surface area contributed by atoms with Crippen molar-refractivity contribution in [1.29, 1.82) is 0 Å². The summed E-state index contributed by atoms with van der Waals surface area (Å²) < 4.78 is 27.7. The van der Waals surface area contributed by atoms with Gasteiger partial charge in [0.15, 0.2) is 0 Å². The number of amides is 1. The third-order valence-corrected chi connectivity index (χ3v) is 6.84.